The van der Waals surface area contributed by atoms with Crippen LogP contribution in [0, 0.1) is 5.41 Å². The molecule has 0 aromatic carbocycles. The van der Waals surface area contributed by atoms with Gasteiger partial charge in [0.1, 0.15) is 0 Å². The van der Waals surface area contributed by atoms with E-state index in [-0.39, 0.29) is 16.3 Å². The van der Waals surface area contributed by atoms with Crippen molar-refractivity contribution in [1.29, 1.82) is 0 Å². The van der Waals surface area contributed by atoms with Crippen molar-refractivity contribution in [2.24, 2.45) is 5.41 Å². The van der Waals surface area contributed by atoms with E-state index in [0.29, 0.717) is 0 Å². The summed E-state index contributed by atoms with van der Waals surface area (Å²) in [6, 6.07) is 0. The van der Waals surface area contributed by atoms with Crippen LogP contribution in [0.3, 0.4) is 0 Å². The van der Waals surface area contributed by atoms with Gasteiger partial charge in [-0.05, 0) is 20.5 Å². The van der Waals surface area contributed by atoms with Crippen LogP contribution in [-0.4, -0.2) is 47.3 Å². The van der Waals surface area contributed by atoms with Crippen LogP contribution in [0.1, 0.15) is 27.2 Å². The highest BCUT2D eigenvalue weighted by Gasteiger charge is 2.42. The molecule has 1 fully saturated rings. The van der Waals surface area contributed by atoms with E-state index in [1.807, 2.05) is 11.8 Å². The van der Waals surface area contributed by atoms with Crippen molar-refractivity contribution >= 4 is 11.8 Å². The maximum atomic E-state index is 10.2. The summed E-state index contributed by atoms with van der Waals surface area (Å²) in [6.07, 6.45) is 0.739. The lowest BCUT2D eigenvalue weighted by atomic mass is 9.81. The summed E-state index contributed by atoms with van der Waals surface area (Å²) in [6.45, 7) is 7.60. The summed E-state index contributed by atoms with van der Waals surface area (Å²) in [4.78, 5) is 2.17. The number of hydrogen-bond donors (Lipinski definition) is 1. The fourth-order valence-corrected chi connectivity index (χ4v) is 3.38. The standard InChI is InChI=1S/C11H23NOS/c1-10(2)6-9(13)11(3,8-14-10)7-12(4)5/h9,13H,6-8H2,1-5H3. The Bertz CT molecular complexity index is 205. The van der Waals surface area contributed by atoms with Gasteiger partial charge in [0.05, 0.1) is 6.10 Å². The minimum absolute atomic E-state index is 0.0592. The van der Waals surface area contributed by atoms with Gasteiger partial charge in [0, 0.05) is 22.5 Å². The van der Waals surface area contributed by atoms with Crippen LogP contribution in [0.2, 0.25) is 0 Å². The third-order valence-corrected chi connectivity index (χ3v) is 4.71. The lowest BCUT2D eigenvalue weighted by Gasteiger charge is -2.46. The molecule has 2 atom stereocenters. The van der Waals surface area contributed by atoms with Crippen molar-refractivity contribution < 1.29 is 5.11 Å². The minimum atomic E-state index is -0.166. The normalized spacial score (nSPS) is 37.5. The second-order valence-corrected chi connectivity index (χ2v) is 7.34. The predicted molar refractivity (Wildman–Crippen MR) is 63.8 cm³/mol. The third kappa shape index (κ3) is 2.88. The molecule has 0 bridgehead atoms. The average Bonchev–Trinajstić information content (AvgIpc) is 1.97. The fourth-order valence-electron chi connectivity index (χ4n) is 2.10. The van der Waals surface area contributed by atoms with Gasteiger partial charge in [0.25, 0.3) is 0 Å². The Morgan fingerprint density at radius 3 is 2.36 bits per heavy atom. The maximum absolute atomic E-state index is 10.2. The zero-order chi connectivity index (χ0) is 11.0. The summed E-state index contributed by atoms with van der Waals surface area (Å²) in [5, 5.41) is 10.2. The molecule has 3 heteroatoms. The largest absolute Gasteiger partial charge is 0.392 e. The minimum Gasteiger partial charge on any atom is -0.392 e. The van der Waals surface area contributed by atoms with Gasteiger partial charge in [-0.15, -0.1) is 0 Å². The first-order chi connectivity index (χ1) is 6.25. The third-order valence-electron chi connectivity index (χ3n) is 2.96. The lowest BCUT2D eigenvalue weighted by molar-refractivity contribution is 0.0178. The first-order valence-corrected chi connectivity index (χ1v) is 6.20. The van der Waals surface area contributed by atoms with E-state index in [1.54, 1.807) is 0 Å². The Kier molecular flexibility index (Phi) is 3.55. The van der Waals surface area contributed by atoms with Crippen molar-refractivity contribution in [2.45, 2.75) is 38.0 Å². The highest BCUT2D eigenvalue weighted by molar-refractivity contribution is 8.00. The van der Waals surface area contributed by atoms with E-state index in [0.717, 1.165) is 18.7 Å². The fraction of sp³-hybridized carbons (Fsp3) is 1.00. The van der Waals surface area contributed by atoms with Crippen LogP contribution in [0.15, 0.2) is 0 Å². The Morgan fingerprint density at radius 2 is 1.93 bits per heavy atom. The van der Waals surface area contributed by atoms with Crippen molar-refractivity contribution in [1.82, 2.24) is 4.90 Å². The Labute approximate surface area is 92.1 Å². The Balaban J connectivity index is 2.64. The Hall–Kier alpha value is 0.270. The summed E-state index contributed by atoms with van der Waals surface area (Å²) in [5.74, 6) is 1.05. The highest BCUT2D eigenvalue weighted by atomic mass is 32.2. The summed E-state index contributed by atoms with van der Waals surface area (Å²) >= 11 is 1.99. The molecule has 0 radical (unpaired) electrons. The molecule has 1 N–H and O–H groups in total. The second-order valence-electron chi connectivity index (χ2n) is 5.66. The Morgan fingerprint density at radius 1 is 1.36 bits per heavy atom. The van der Waals surface area contributed by atoms with Crippen LogP contribution >= 0.6 is 11.8 Å². The second kappa shape index (κ2) is 4.03. The van der Waals surface area contributed by atoms with E-state index >= 15 is 0 Å². The van der Waals surface area contributed by atoms with Gasteiger partial charge in [0.15, 0.2) is 0 Å². The van der Waals surface area contributed by atoms with E-state index in [4.69, 9.17) is 0 Å². The van der Waals surface area contributed by atoms with E-state index in [2.05, 4.69) is 39.8 Å². The van der Waals surface area contributed by atoms with Crippen LogP contribution in [0.25, 0.3) is 0 Å². The molecule has 1 aliphatic heterocycles. The van der Waals surface area contributed by atoms with Gasteiger partial charge in [-0.3, -0.25) is 0 Å². The molecule has 0 saturated carbocycles. The molecule has 0 amide bonds. The smallest absolute Gasteiger partial charge is 0.0627 e. The van der Waals surface area contributed by atoms with Crippen molar-refractivity contribution in [3.05, 3.63) is 0 Å². The molecule has 84 valence electrons. The van der Waals surface area contributed by atoms with E-state index in [1.165, 1.54) is 0 Å². The number of rotatable bonds is 2. The molecule has 2 nitrogen and oxygen atoms in total. The van der Waals surface area contributed by atoms with Crippen molar-refractivity contribution in [3.63, 3.8) is 0 Å². The topological polar surface area (TPSA) is 23.5 Å². The SMILES string of the molecule is CN(C)CC1(C)CSC(C)(C)CC1O. The zero-order valence-corrected chi connectivity index (χ0v) is 10.8. The molecule has 2 unspecified atom stereocenters. The highest BCUT2D eigenvalue weighted by Crippen LogP contribution is 2.44. The molecule has 0 aromatic heterocycles. The molecule has 1 saturated heterocycles. The van der Waals surface area contributed by atoms with Crippen LogP contribution in [0.5, 0.6) is 0 Å². The molecule has 0 aliphatic carbocycles. The molecule has 0 aromatic rings. The first kappa shape index (κ1) is 12.3. The van der Waals surface area contributed by atoms with Gasteiger partial charge in [-0.1, -0.05) is 20.8 Å². The number of aliphatic hydroxyl groups is 1. The van der Waals surface area contributed by atoms with Crippen LogP contribution < -0.4 is 0 Å². The number of hydrogen-bond acceptors (Lipinski definition) is 3. The molecule has 0 spiro atoms. The monoisotopic (exact) mass is 217 g/mol. The quantitative estimate of drug-likeness (QED) is 0.763. The maximum Gasteiger partial charge on any atom is 0.0627 e. The van der Waals surface area contributed by atoms with Crippen molar-refractivity contribution in [2.75, 3.05) is 26.4 Å². The van der Waals surface area contributed by atoms with E-state index in [9.17, 15) is 5.11 Å². The summed E-state index contributed by atoms with van der Waals surface area (Å²) < 4.78 is 0.241. The van der Waals surface area contributed by atoms with Gasteiger partial charge >= 0.3 is 0 Å². The first-order valence-electron chi connectivity index (χ1n) is 5.22. The van der Waals surface area contributed by atoms with E-state index < -0.39 is 0 Å². The summed E-state index contributed by atoms with van der Waals surface area (Å²) in [7, 11) is 4.14. The average molecular weight is 217 g/mol. The molecule has 1 heterocycles. The molecule has 14 heavy (non-hydrogen) atoms. The van der Waals surface area contributed by atoms with Gasteiger partial charge in [-0.25, -0.2) is 0 Å². The van der Waals surface area contributed by atoms with Gasteiger partial charge < -0.3 is 10.0 Å². The van der Waals surface area contributed by atoms with Gasteiger partial charge in [0.2, 0.25) is 0 Å². The molecular weight excluding hydrogens is 194 g/mol. The van der Waals surface area contributed by atoms with Gasteiger partial charge in [-0.2, -0.15) is 11.8 Å². The zero-order valence-electron chi connectivity index (χ0n) is 10.0. The number of nitrogens with zero attached hydrogens (tertiary/aromatic N) is 1. The predicted octanol–water partition coefficient (Wildman–Crippen LogP) is 1.83. The summed E-state index contributed by atoms with van der Waals surface area (Å²) in [5.41, 5.74) is 0.0592. The van der Waals surface area contributed by atoms with Crippen molar-refractivity contribution in [3.8, 4) is 0 Å². The number of aliphatic hydroxyl groups excluding tert-OH is 1. The lowest BCUT2D eigenvalue weighted by Crippen LogP contribution is -2.49. The number of thioether (sulfide) groups is 1. The molecule has 1 aliphatic rings. The van der Waals surface area contributed by atoms with Crippen LogP contribution in [0.4, 0.5) is 0 Å². The molecular formula is C11H23NOS. The van der Waals surface area contributed by atoms with Crippen LogP contribution in [-0.2, 0) is 0 Å². The molecule has 1 rings (SSSR count).